The quantitative estimate of drug-likeness (QED) is 0.552. The molecule has 0 unspecified atom stereocenters. The first-order chi connectivity index (χ1) is 10.5. The fourth-order valence-corrected chi connectivity index (χ4v) is 1.66. The number of aromatic amines is 1. The van der Waals surface area contributed by atoms with E-state index < -0.39 is 17.8 Å². The third-order valence-electron chi connectivity index (χ3n) is 2.64. The van der Waals surface area contributed by atoms with Gasteiger partial charge in [0.25, 0.3) is 11.8 Å². The maximum absolute atomic E-state index is 11.7. The van der Waals surface area contributed by atoms with E-state index in [-0.39, 0.29) is 17.1 Å². The molecule has 0 radical (unpaired) electrons. The summed E-state index contributed by atoms with van der Waals surface area (Å²) in [5.41, 5.74) is 5.32. The van der Waals surface area contributed by atoms with Gasteiger partial charge in [-0.2, -0.15) is 0 Å². The molecule has 0 fully saturated rings. The minimum atomic E-state index is -1.11. The Labute approximate surface area is 124 Å². The van der Waals surface area contributed by atoms with E-state index in [1.165, 1.54) is 18.2 Å². The predicted octanol–water partition coefficient (Wildman–Crippen LogP) is 0.826. The molecule has 0 spiro atoms. The molecule has 1 aromatic carbocycles. The first kappa shape index (κ1) is 15.0. The number of hydrogen-bond donors (Lipinski definition) is 3. The molecule has 8 heteroatoms. The number of benzene rings is 1. The number of rotatable bonds is 5. The Morgan fingerprint density at radius 3 is 2.68 bits per heavy atom. The molecule has 0 aliphatic heterocycles. The Bertz CT molecular complexity index is 763. The van der Waals surface area contributed by atoms with Crippen LogP contribution in [0.25, 0.3) is 6.08 Å². The zero-order valence-electron chi connectivity index (χ0n) is 11.1. The molecule has 1 amide bonds. The summed E-state index contributed by atoms with van der Waals surface area (Å²) in [5.74, 6) is -3.00. The van der Waals surface area contributed by atoms with E-state index in [1.54, 1.807) is 12.1 Å². The van der Waals surface area contributed by atoms with Gasteiger partial charge in [-0.25, -0.2) is 14.6 Å². The van der Waals surface area contributed by atoms with Gasteiger partial charge in [0, 0.05) is 6.08 Å². The molecular formula is C14H11N3O5. The number of imidazole rings is 1. The summed E-state index contributed by atoms with van der Waals surface area (Å²) in [4.78, 5) is 39.8. The molecule has 8 nitrogen and oxygen atoms in total. The highest BCUT2D eigenvalue weighted by Crippen LogP contribution is 2.13. The first-order valence-electron chi connectivity index (χ1n) is 6.04. The van der Waals surface area contributed by atoms with Crippen LogP contribution in [0.15, 0.2) is 36.7 Å². The number of hydrogen-bond acceptors (Lipinski definition) is 5. The Morgan fingerprint density at radius 2 is 2.00 bits per heavy atom. The van der Waals surface area contributed by atoms with Gasteiger partial charge in [-0.15, -0.1) is 0 Å². The van der Waals surface area contributed by atoms with Gasteiger partial charge in [-0.3, -0.25) is 4.79 Å². The number of carboxylic acids is 1. The summed E-state index contributed by atoms with van der Waals surface area (Å²) in [6.07, 6.45) is 3.48. The van der Waals surface area contributed by atoms with Gasteiger partial charge in [-0.1, -0.05) is 18.2 Å². The third kappa shape index (κ3) is 3.37. The van der Waals surface area contributed by atoms with E-state index in [1.807, 2.05) is 0 Å². The average molecular weight is 301 g/mol. The fourth-order valence-electron chi connectivity index (χ4n) is 1.66. The molecule has 112 valence electrons. The van der Waals surface area contributed by atoms with Crippen molar-refractivity contribution in [3.63, 3.8) is 0 Å². The van der Waals surface area contributed by atoms with Crippen molar-refractivity contribution in [2.45, 2.75) is 0 Å². The van der Waals surface area contributed by atoms with Crippen LogP contribution < -0.4 is 10.5 Å². The molecule has 1 aromatic heterocycles. The second-order valence-corrected chi connectivity index (χ2v) is 4.09. The molecule has 0 bridgehead atoms. The van der Waals surface area contributed by atoms with Crippen LogP contribution in [0.5, 0.6) is 5.88 Å². The number of nitrogens with two attached hydrogens (primary N) is 1. The van der Waals surface area contributed by atoms with Gasteiger partial charge < -0.3 is 20.6 Å². The standard InChI is InChI=1S/C14H11N3O5/c15-12(19)11-13(17-7-16-11)22-10(18)6-5-8-3-1-2-4-9(8)14(20)21/h1-7H,(H2,15,19)(H,16,17)(H,20,21)/b6-5+. The molecule has 0 saturated heterocycles. The van der Waals surface area contributed by atoms with E-state index >= 15 is 0 Å². The van der Waals surface area contributed by atoms with Crippen molar-refractivity contribution >= 4 is 23.9 Å². The maximum Gasteiger partial charge on any atom is 0.337 e. The Morgan fingerprint density at radius 1 is 1.27 bits per heavy atom. The van der Waals surface area contributed by atoms with Crippen LogP contribution in [0.1, 0.15) is 26.4 Å². The van der Waals surface area contributed by atoms with Crippen molar-refractivity contribution in [2.24, 2.45) is 5.73 Å². The molecule has 22 heavy (non-hydrogen) atoms. The lowest BCUT2D eigenvalue weighted by Gasteiger charge is -2.01. The monoisotopic (exact) mass is 301 g/mol. The maximum atomic E-state index is 11.7. The summed E-state index contributed by atoms with van der Waals surface area (Å²) < 4.78 is 4.85. The number of nitrogens with one attached hydrogen (secondary N) is 1. The molecule has 1 heterocycles. The lowest BCUT2D eigenvalue weighted by Crippen LogP contribution is -2.15. The lowest BCUT2D eigenvalue weighted by molar-refractivity contribution is -0.129. The molecule has 2 aromatic rings. The van der Waals surface area contributed by atoms with Gasteiger partial charge in [0.1, 0.15) is 0 Å². The summed E-state index contributed by atoms with van der Waals surface area (Å²) in [7, 11) is 0. The minimum absolute atomic E-state index is 0.0455. The zero-order chi connectivity index (χ0) is 16.1. The predicted molar refractivity (Wildman–Crippen MR) is 75.2 cm³/mol. The fraction of sp³-hybridized carbons (Fsp3) is 0. The highest BCUT2D eigenvalue weighted by molar-refractivity contribution is 5.97. The minimum Gasteiger partial charge on any atom is -0.478 e. The normalized spacial score (nSPS) is 10.5. The van der Waals surface area contributed by atoms with Crippen molar-refractivity contribution in [3.05, 3.63) is 53.5 Å². The number of carbonyl (C=O) groups is 3. The molecule has 0 saturated carbocycles. The average Bonchev–Trinajstić information content (AvgIpc) is 2.93. The molecule has 0 aliphatic rings. The number of nitrogens with zero attached hydrogens (tertiary/aromatic N) is 1. The Kier molecular flexibility index (Phi) is 4.33. The molecule has 0 atom stereocenters. The summed E-state index contributed by atoms with van der Waals surface area (Å²) in [6.45, 7) is 0. The van der Waals surface area contributed by atoms with Crippen molar-refractivity contribution in [2.75, 3.05) is 0 Å². The summed E-state index contributed by atoms with van der Waals surface area (Å²) in [5, 5.41) is 9.02. The van der Waals surface area contributed by atoms with Crippen molar-refractivity contribution < 1.29 is 24.2 Å². The molecule has 0 aliphatic carbocycles. The first-order valence-corrected chi connectivity index (χ1v) is 6.04. The van der Waals surface area contributed by atoms with Crippen LogP contribution in [0, 0.1) is 0 Å². The van der Waals surface area contributed by atoms with Crippen molar-refractivity contribution in [1.29, 1.82) is 0 Å². The number of carboxylic acid groups (broad SMARTS) is 1. The van der Waals surface area contributed by atoms with Gasteiger partial charge in [0.05, 0.1) is 11.9 Å². The van der Waals surface area contributed by atoms with Crippen molar-refractivity contribution in [1.82, 2.24) is 9.97 Å². The van der Waals surface area contributed by atoms with E-state index in [2.05, 4.69) is 9.97 Å². The van der Waals surface area contributed by atoms with Crippen LogP contribution in [0.3, 0.4) is 0 Å². The third-order valence-corrected chi connectivity index (χ3v) is 2.64. The number of aromatic nitrogens is 2. The SMILES string of the molecule is NC(=O)c1[nH]cnc1OC(=O)/C=C/c1ccccc1C(=O)O. The van der Waals surface area contributed by atoms with Gasteiger partial charge in [0.15, 0.2) is 5.69 Å². The summed E-state index contributed by atoms with van der Waals surface area (Å²) in [6, 6.07) is 6.15. The second kappa shape index (κ2) is 6.35. The zero-order valence-corrected chi connectivity index (χ0v) is 11.1. The summed E-state index contributed by atoms with van der Waals surface area (Å²) >= 11 is 0. The van der Waals surface area contributed by atoms with E-state index in [9.17, 15) is 14.4 Å². The largest absolute Gasteiger partial charge is 0.478 e. The highest BCUT2D eigenvalue weighted by atomic mass is 16.5. The number of carbonyl (C=O) groups excluding carboxylic acids is 2. The molecular weight excluding hydrogens is 290 g/mol. The number of H-pyrrole nitrogens is 1. The topological polar surface area (TPSA) is 135 Å². The Hall–Kier alpha value is -3.42. The van der Waals surface area contributed by atoms with E-state index in [4.69, 9.17) is 15.6 Å². The van der Waals surface area contributed by atoms with Crippen LogP contribution in [-0.4, -0.2) is 32.9 Å². The van der Waals surface area contributed by atoms with Gasteiger partial charge in [0.2, 0.25) is 0 Å². The van der Waals surface area contributed by atoms with Crippen LogP contribution in [0.2, 0.25) is 0 Å². The van der Waals surface area contributed by atoms with Gasteiger partial charge >= 0.3 is 11.9 Å². The molecule has 4 N–H and O–H groups in total. The van der Waals surface area contributed by atoms with Crippen LogP contribution in [-0.2, 0) is 4.79 Å². The number of amides is 1. The highest BCUT2D eigenvalue weighted by Gasteiger charge is 2.15. The van der Waals surface area contributed by atoms with E-state index in [0.717, 1.165) is 12.4 Å². The lowest BCUT2D eigenvalue weighted by atomic mass is 10.1. The number of ether oxygens (including phenoxy) is 1. The van der Waals surface area contributed by atoms with Crippen molar-refractivity contribution in [3.8, 4) is 5.88 Å². The smallest absolute Gasteiger partial charge is 0.337 e. The Balaban J connectivity index is 2.14. The van der Waals surface area contributed by atoms with Crippen LogP contribution >= 0.6 is 0 Å². The second-order valence-electron chi connectivity index (χ2n) is 4.09. The van der Waals surface area contributed by atoms with E-state index in [0.29, 0.717) is 5.56 Å². The molecule has 2 rings (SSSR count). The number of aromatic carboxylic acids is 1. The van der Waals surface area contributed by atoms with Gasteiger partial charge in [-0.05, 0) is 17.7 Å². The van der Waals surface area contributed by atoms with Crippen LogP contribution in [0.4, 0.5) is 0 Å². The number of esters is 1. The number of primary amides is 1.